The Morgan fingerprint density at radius 1 is 1.19 bits per heavy atom. The van der Waals surface area contributed by atoms with Crippen molar-refractivity contribution >= 4 is 28.7 Å². The monoisotopic (exact) mass is 434 g/mol. The Bertz CT molecular complexity index is 1160. The molecule has 168 valence electrons. The van der Waals surface area contributed by atoms with Crippen LogP contribution < -0.4 is 5.32 Å². The molecule has 2 amide bonds. The van der Waals surface area contributed by atoms with Crippen LogP contribution in [0.1, 0.15) is 61.3 Å². The van der Waals surface area contributed by atoms with Gasteiger partial charge in [-0.3, -0.25) is 14.3 Å². The zero-order chi connectivity index (χ0) is 22.2. The second-order valence-corrected chi connectivity index (χ2v) is 9.00. The Balaban J connectivity index is 1.35. The summed E-state index contributed by atoms with van der Waals surface area (Å²) in [5.74, 6) is 1.88. The Labute approximate surface area is 187 Å². The second kappa shape index (κ2) is 8.41. The van der Waals surface area contributed by atoms with Crippen LogP contribution in [-0.4, -0.2) is 49.1 Å². The molecular weight excluding hydrogens is 404 g/mol. The molecule has 1 atom stereocenters. The zero-order valence-corrected chi connectivity index (χ0v) is 18.8. The number of carbonyl (C=O) groups is 2. The van der Waals surface area contributed by atoms with Gasteiger partial charge >= 0.3 is 0 Å². The number of anilines is 1. The summed E-state index contributed by atoms with van der Waals surface area (Å²) in [6.07, 6.45) is 4.86. The third kappa shape index (κ3) is 3.89. The van der Waals surface area contributed by atoms with E-state index in [-0.39, 0.29) is 23.7 Å². The first-order valence-electron chi connectivity index (χ1n) is 11.6. The van der Waals surface area contributed by atoms with Crippen LogP contribution in [-0.2, 0) is 18.4 Å². The van der Waals surface area contributed by atoms with Crippen molar-refractivity contribution in [3.05, 3.63) is 41.9 Å². The smallest absolute Gasteiger partial charge is 0.274 e. The van der Waals surface area contributed by atoms with Gasteiger partial charge in [0.15, 0.2) is 5.69 Å². The number of nitrogens with one attached hydrogen (secondary N) is 1. The molecule has 1 saturated heterocycles. The van der Waals surface area contributed by atoms with Crippen molar-refractivity contribution in [2.45, 2.75) is 51.5 Å². The maximum absolute atomic E-state index is 13.3. The predicted octanol–water partition coefficient (Wildman–Crippen LogP) is 3.55. The van der Waals surface area contributed by atoms with Crippen LogP contribution in [0.5, 0.6) is 0 Å². The molecule has 1 saturated carbocycles. The van der Waals surface area contributed by atoms with Gasteiger partial charge in [-0.25, -0.2) is 4.98 Å². The number of rotatable bonds is 6. The van der Waals surface area contributed by atoms with E-state index in [4.69, 9.17) is 4.98 Å². The van der Waals surface area contributed by atoms with Crippen LogP contribution in [0.25, 0.3) is 11.0 Å². The molecule has 3 aromatic rings. The summed E-state index contributed by atoms with van der Waals surface area (Å²) >= 11 is 0. The summed E-state index contributed by atoms with van der Waals surface area (Å²) in [6, 6.07) is 9.95. The molecule has 8 heteroatoms. The van der Waals surface area contributed by atoms with Gasteiger partial charge in [-0.2, -0.15) is 5.10 Å². The van der Waals surface area contributed by atoms with Gasteiger partial charge in [-0.1, -0.05) is 19.1 Å². The number of para-hydroxylation sites is 2. The number of carbonyl (C=O) groups excluding carboxylic acids is 2. The number of piperidine rings is 1. The average molecular weight is 435 g/mol. The van der Waals surface area contributed by atoms with E-state index in [0.29, 0.717) is 24.6 Å². The highest BCUT2D eigenvalue weighted by Crippen LogP contribution is 2.31. The van der Waals surface area contributed by atoms with E-state index in [0.717, 1.165) is 55.5 Å². The number of hydrogen-bond donors (Lipinski definition) is 1. The summed E-state index contributed by atoms with van der Waals surface area (Å²) < 4.78 is 3.90. The van der Waals surface area contributed by atoms with Crippen LogP contribution in [0, 0.1) is 5.92 Å². The minimum atomic E-state index is -0.0876. The molecule has 0 radical (unpaired) electrons. The van der Waals surface area contributed by atoms with E-state index in [9.17, 15) is 9.59 Å². The minimum Gasteiger partial charge on any atom is -0.337 e. The van der Waals surface area contributed by atoms with Gasteiger partial charge in [0.2, 0.25) is 5.91 Å². The molecule has 1 unspecified atom stereocenters. The SMILES string of the molecule is CCCn1c(C2CCCN(C(=O)c3cc(NC(=O)C4CC4)n(C)n3)C2)nc2ccccc21. The standard InChI is InChI=1S/C24H30N6O2/c1-3-12-30-20-9-5-4-8-18(20)25-22(30)17-7-6-13-29(15-17)24(32)19-14-21(28(2)27-19)26-23(31)16-10-11-16/h4-5,8-9,14,16-17H,3,6-7,10-13,15H2,1-2H3,(H,26,31). The molecule has 1 aromatic carbocycles. The highest BCUT2D eigenvalue weighted by Gasteiger charge is 2.32. The number of aromatic nitrogens is 4. The number of nitrogens with zero attached hydrogens (tertiary/aromatic N) is 5. The highest BCUT2D eigenvalue weighted by atomic mass is 16.2. The lowest BCUT2D eigenvalue weighted by Gasteiger charge is -2.32. The van der Waals surface area contributed by atoms with Crippen LogP contribution >= 0.6 is 0 Å². The molecular formula is C24H30N6O2. The van der Waals surface area contributed by atoms with Crippen molar-refractivity contribution in [3.63, 3.8) is 0 Å². The van der Waals surface area contributed by atoms with E-state index >= 15 is 0 Å². The fourth-order valence-electron chi connectivity index (χ4n) is 4.66. The number of benzene rings is 1. The normalized spacial score (nSPS) is 18.8. The number of likely N-dealkylation sites (tertiary alicyclic amines) is 1. The van der Waals surface area contributed by atoms with Gasteiger partial charge in [0.25, 0.3) is 5.91 Å². The molecule has 1 N–H and O–H groups in total. The van der Waals surface area contributed by atoms with Crippen molar-refractivity contribution in [2.75, 3.05) is 18.4 Å². The molecule has 1 aliphatic heterocycles. The number of amides is 2. The topological polar surface area (TPSA) is 85.0 Å². The Morgan fingerprint density at radius 2 is 2.00 bits per heavy atom. The van der Waals surface area contributed by atoms with Gasteiger partial charge in [-0.05, 0) is 44.2 Å². The highest BCUT2D eigenvalue weighted by molar-refractivity contribution is 5.96. The van der Waals surface area contributed by atoms with E-state index in [2.05, 4.69) is 40.1 Å². The summed E-state index contributed by atoms with van der Waals surface area (Å²) in [5, 5.41) is 7.29. The molecule has 8 nitrogen and oxygen atoms in total. The van der Waals surface area contributed by atoms with Crippen LogP contribution in [0.15, 0.2) is 30.3 Å². The van der Waals surface area contributed by atoms with Gasteiger partial charge < -0.3 is 14.8 Å². The average Bonchev–Trinajstić information content (AvgIpc) is 3.52. The Kier molecular flexibility index (Phi) is 5.45. The van der Waals surface area contributed by atoms with Crippen LogP contribution in [0.4, 0.5) is 5.82 Å². The first-order valence-corrected chi connectivity index (χ1v) is 11.6. The van der Waals surface area contributed by atoms with E-state index in [1.54, 1.807) is 17.8 Å². The summed E-state index contributed by atoms with van der Waals surface area (Å²) in [6.45, 7) is 4.44. The van der Waals surface area contributed by atoms with Crippen molar-refractivity contribution in [2.24, 2.45) is 13.0 Å². The molecule has 0 spiro atoms. The summed E-state index contributed by atoms with van der Waals surface area (Å²) in [5.41, 5.74) is 2.55. The number of aryl methyl sites for hydroxylation is 2. The van der Waals surface area contributed by atoms with E-state index < -0.39 is 0 Å². The molecule has 2 aliphatic rings. The molecule has 2 fully saturated rings. The quantitative estimate of drug-likeness (QED) is 0.643. The lowest BCUT2D eigenvalue weighted by molar-refractivity contribution is -0.117. The van der Waals surface area contributed by atoms with Crippen molar-refractivity contribution in [1.82, 2.24) is 24.2 Å². The summed E-state index contributed by atoms with van der Waals surface area (Å²) in [4.78, 5) is 32.2. The number of fused-ring (bicyclic) bond motifs is 1. The van der Waals surface area contributed by atoms with Crippen molar-refractivity contribution in [1.29, 1.82) is 0 Å². The fourth-order valence-corrected chi connectivity index (χ4v) is 4.66. The number of hydrogen-bond acceptors (Lipinski definition) is 4. The van der Waals surface area contributed by atoms with Crippen molar-refractivity contribution in [3.8, 4) is 0 Å². The molecule has 32 heavy (non-hydrogen) atoms. The maximum Gasteiger partial charge on any atom is 0.274 e. The summed E-state index contributed by atoms with van der Waals surface area (Å²) in [7, 11) is 1.76. The fraction of sp³-hybridized carbons (Fsp3) is 0.500. The third-order valence-electron chi connectivity index (χ3n) is 6.50. The first kappa shape index (κ1) is 20.7. The van der Waals surface area contributed by atoms with Gasteiger partial charge in [0.05, 0.1) is 11.0 Å². The van der Waals surface area contributed by atoms with Gasteiger partial charge in [-0.15, -0.1) is 0 Å². The molecule has 2 aromatic heterocycles. The van der Waals surface area contributed by atoms with Gasteiger partial charge in [0, 0.05) is 44.6 Å². The minimum absolute atomic E-state index is 0.0138. The third-order valence-corrected chi connectivity index (χ3v) is 6.50. The maximum atomic E-state index is 13.3. The van der Waals surface area contributed by atoms with E-state index in [1.807, 2.05) is 11.0 Å². The Hall–Kier alpha value is -3.16. The predicted molar refractivity (Wildman–Crippen MR) is 122 cm³/mol. The van der Waals surface area contributed by atoms with Crippen molar-refractivity contribution < 1.29 is 9.59 Å². The van der Waals surface area contributed by atoms with Crippen LogP contribution in [0.2, 0.25) is 0 Å². The van der Waals surface area contributed by atoms with Crippen LogP contribution in [0.3, 0.4) is 0 Å². The molecule has 3 heterocycles. The second-order valence-electron chi connectivity index (χ2n) is 9.00. The Morgan fingerprint density at radius 3 is 2.78 bits per heavy atom. The van der Waals surface area contributed by atoms with E-state index in [1.165, 1.54) is 0 Å². The van der Waals surface area contributed by atoms with Gasteiger partial charge in [0.1, 0.15) is 11.6 Å². The first-order chi connectivity index (χ1) is 15.5. The molecule has 5 rings (SSSR count). The molecule has 0 bridgehead atoms. The molecule has 1 aliphatic carbocycles. The largest absolute Gasteiger partial charge is 0.337 e. The lowest BCUT2D eigenvalue weighted by Crippen LogP contribution is -2.40. The lowest BCUT2D eigenvalue weighted by atomic mass is 9.96. The zero-order valence-electron chi connectivity index (χ0n) is 18.8. The number of imidazole rings is 1.